The van der Waals surface area contributed by atoms with Crippen LogP contribution in [0.4, 0.5) is 0 Å². The van der Waals surface area contributed by atoms with Gasteiger partial charge in [-0.05, 0) is 38.0 Å². The van der Waals surface area contributed by atoms with Gasteiger partial charge in [-0.3, -0.25) is 9.48 Å². The molecule has 4 heterocycles. The Kier molecular flexibility index (Phi) is 3.99. The van der Waals surface area contributed by atoms with E-state index in [9.17, 15) is 4.79 Å². The van der Waals surface area contributed by atoms with Gasteiger partial charge in [0.05, 0.1) is 5.69 Å². The molecular weight excluding hydrogens is 316 g/mol. The predicted octanol–water partition coefficient (Wildman–Crippen LogP) is 1.88. The van der Waals surface area contributed by atoms with Crippen LogP contribution in [-0.2, 0) is 18.4 Å². The fraction of sp³-hybridized carbons (Fsp3) is 0.444. The molecule has 0 radical (unpaired) electrons. The summed E-state index contributed by atoms with van der Waals surface area (Å²) in [5.41, 5.74) is 2.87. The second-order valence-corrected chi connectivity index (χ2v) is 6.68. The summed E-state index contributed by atoms with van der Waals surface area (Å²) in [6.07, 6.45) is 5.66. The number of aryl methyl sites for hydroxylation is 2. The molecule has 1 fully saturated rings. The van der Waals surface area contributed by atoms with Crippen molar-refractivity contribution in [2.45, 2.75) is 32.2 Å². The van der Waals surface area contributed by atoms with Crippen LogP contribution in [0, 0.1) is 6.92 Å². The van der Waals surface area contributed by atoms with Crippen LogP contribution in [0.15, 0.2) is 30.6 Å². The van der Waals surface area contributed by atoms with Crippen molar-refractivity contribution in [3.05, 3.63) is 42.0 Å². The molecule has 4 rings (SSSR count). The van der Waals surface area contributed by atoms with Gasteiger partial charge < -0.3 is 4.90 Å². The molecule has 0 saturated carbocycles. The molecule has 3 aromatic rings. The number of pyridine rings is 1. The molecule has 130 valence electrons. The number of hydrogen-bond donors (Lipinski definition) is 0. The molecule has 25 heavy (non-hydrogen) atoms. The van der Waals surface area contributed by atoms with Crippen molar-refractivity contribution in [1.82, 2.24) is 29.4 Å². The van der Waals surface area contributed by atoms with Crippen LogP contribution >= 0.6 is 0 Å². The standard InChI is InChI=1S/C18H22N6O/c1-13-15-6-3-8-19-18(15)24(21-13)12-17(25)23-10-4-5-14(11-23)16-7-9-20-22(16)2/h3,6-9,14H,4-5,10-12H2,1-2H3. The number of aromatic nitrogens is 5. The highest BCUT2D eigenvalue weighted by Crippen LogP contribution is 2.26. The number of amides is 1. The predicted molar refractivity (Wildman–Crippen MR) is 94.0 cm³/mol. The third-order valence-corrected chi connectivity index (χ3v) is 5.03. The van der Waals surface area contributed by atoms with Gasteiger partial charge in [-0.2, -0.15) is 10.2 Å². The SMILES string of the molecule is Cc1nn(CC(=O)N2CCCC(c3ccnn3C)C2)c2ncccc12. The number of rotatable bonds is 3. The summed E-state index contributed by atoms with van der Waals surface area (Å²) < 4.78 is 3.63. The average Bonchev–Trinajstić information content (AvgIpc) is 3.19. The maximum atomic E-state index is 12.8. The highest BCUT2D eigenvalue weighted by atomic mass is 16.2. The molecule has 7 heteroatoms. The van der Waals surface area contributed by atoms with E-state index in [0.29, 0.717) is 5.92 Å². The monoisotopic (exact) mass is 338 g/mol. The van der Waals surface area contributed by atoms with Gasteiger partial charge in [0.15, 0.2) is 5.65 Å². The zero-order valence-corrected chi connectivity index (χ0v) is 14.6. The highest BCUT2D eigenvalue weighted by molar-refractivity contribution is 5.81. The van der Waals surface area contributed by atoms with Crippen LogP contribution in [0.3, 0.4) is 0 Å². The maximum Gasteiger partial charge on any atom is 0.244 e. The van der Waals surface area contributed by atoms with Gasteiger partial charge in [-0.15, -0.1) is 0 Å². The molecule has 0 N–H and O–H groups in total. The van der Waals surface area contributed by atoms with Crippen molar-refractivity contribution in [2.24, 2.45) is 7.05 Å². The van der Waals surface area contributed by atoms with Gasteiger partial charge in [0.25, 0.3) is 0 Å². The summed E-state index contributed by atoms with van der Waals surface area (Å²) in [4.78, 5) is 19.2. The normalized spacial score (nSPS) is 18.0. The van der Waals surface area contributed by atoms with E-state index in [1.165, 1.54) is 5.69 Å². The molecule has 1 aliphatic heterocycles. The topological polar surface area (TPSA) is 68.8 Å². The van der Waals surface area contributed by atoms with Crippen molar-refractivity contribution in [1.29, 1.82) is 0 Å². The van der Waals surface area contributed by atoms with E-state index in [-0.39, 0.29) is 12.5 Å². The average molecular weight is 338 g/mol. The largest absolute Gasteiger partial charge is 0.340 e. The summed E-state index contributed by atoms with van der Waals surface area (Å²) in [6, 6.07) is 5.93. The van der Waals surface area contributed by atoms with E-state index in [1.807, 2.05) is 47.9 Å². The van der Waals surface area contributed by atoms with Crippen LogP contribution in [0.2, 0.25) is 0 Å². The van der Waals surface area contributed by atoms with Crippen LogP contribution in [0.5, 0.6) is 0 Å². The van der Waals surface area contributed by atoms with Crippen molar-refractivity contribution in [3.63, 3.8) is 0 Å². The Morgan fingerprint density at radius 1 is 1.32 bits per heavy atom. The zero-order chi connectivity index (χ0) is 17.4. The number of fused-ring (bicyclic) bond motifs is 1. The first-order chi connectivity index (χ1) is 12.1. The second-order valence-electron chi connectivity index (χ2n) is 6.68. The second kappa shape index (κ2) is 6.31. The maximum absolute atomic E-state index is 12.8. The minimum absolute atomic E-state index is 0.0990. The van der Waals surface area contributed by atoms with Crippen LogP contribution in [0.1, 0.15) is 30.1 Å². The van der Waals surface area contributed by atoms with E-state index in [2.05, 4.69) is 15.2 Å². The Hall–Kier alpha value is -2.70. The van der Waals surface area contributed by atoms with Crippen LogP contribution < -0.4 is 0 Å². The minimum Gasteiger partial charge on any atom is -0.340 e. The molecule has 1 aliphatic rings. The number of likely N-dealkylation sites (tertiary alicyclic amines) is 1. The molecule has 1 saturated heterocycles. The Bertz CT molecular complexity index is 911. The smallest absolute Gasteiger partial charge is 0.244 e. The molecule has 0 bridgehead atoms. The lowest BCUT2D eigenvalue weighted by Gasteiger charge is -2.32. The van der Waals surface area contributed by atoms with Crippen molar-refractivity contribution in [2.75, 3.05) is 13.1 Å². The van der Waals surface area contributed by atoms with Gasteiger partial charge in [-0.1, -0.05) is 0 Å². The van der Waals surface area contributed by atoms with Crippen molar-refractivity contribution in [3.8, 4) is 0 Å². The van der Waals surface area contributed by atoms with E-state index >= 15 is 0 Å². The molecule has 1 atom stereocenters. The summed E-state index contributed by atoms with van der Waals surface area (Å²) in [5, 5.41) is 9.76. The van der Waals surface area contributed by atoms with Crippen LogP contribution in [-0.4, -0.2) is 48.4 Å². The molecular formula is C18H22N6O. The minimum atomic E-state index is 0.0990. The molecule has 1 amide bonds. The molecule has 3 aromatic heterocycles. The first-order valence-electron chi connectivity index (χ1n) is 8.67. The summed E-state index contributed by atoms with van der Waals surface area (Å²) in [7, 11) is 1.96. The summed E-state index contributed by atoms with van der Waals surface area (Å²) >= 11 is 0. The van der Waals surface area contributed by atoms with Gasteiger partial charge in [-0.25, -0.2) is 9.67 Å². The Morgan fingerprint density at radius 3 is 3.00 bits per heavy atom. The quantitative estimate of drug-likeness (QED) is 0.731. The van der Waals surface area contributed by atoms with Gasteiger partial charge >= 0.3 is 0 Å². The fourth-order valence-corrected chi connectivity index (χ4v) is 3.74. The lowest BCUT2D eigenvalue weighted by atomic mass is 9.94. The summed E-state index contributed by atoms with van der Waals surface area (Å²) in [5.74, 6) is 0.446. The molecule has 0 aliphatic carbocycles. The third kappa shape index (κ3) is 2.90. The third-order valence-electron chi connectivity index (χ3n) is 5.03. The zero-order valence-electron chi connectivity index (χ0n) is 14.6. The lowest BCUT2D eigenvalue weighted by Crippen LogP contribution is -2.41. The van der Waals surface area contributed by atoms with Crippen LogP contribution in [0.25, 0.3) is 11.0 Å². The van der Waals surface area contributed by atoms with E-state index < -0.39 is 0 Å². The number of piperidine rings is 1. The van der Waals surface area contributed by atoms with E-state index in [0.717, 1.165) is 42.7 Å². The van der Waals surface area contributed by atoms with Crippen molar-refractivity contribution >= 4 is 16.9 Å². The Balaban J connectivity index is 1.51. The first kappa shape index (κ1) is 15.8. The Labute approximate surface area is 146 Å². The number of hydrogen-bond acceptors (Lipinski definition) is 4. The highest BCUT2D eigenvalue weighted by Gasteiger charge is 2.27. The van der Waals surface area contributed by atoms with E-state index in [4.69, 9.17) is 0 Å². The number of carbonyl (C=O) groups is 1. The first-order valence-corrected chi connectivity index (χ1v) is 8.67. The summed E-state index contributed by atoms with van der Waals surface area (Å²) in [6.45, 7) is 3.73. The number of nitrogens with zero attached hydrogens (tertiary/aromatic N) is 6. The van der Waals surface area contributed by atoms with Crippen molar-refractivity contribution < 1.29 is 4.79 Å². The lowest BCUT2D eigenvalue weighted by molar-refractivity contribution is -0.133. The molecule has 1 unspecified atom stereocenters. The van der Waals surface area contributed by atoms with Gasteiger partial charge in [0.2, 0.25) is 5.91 Å². The Morgan fingerprint density at radius 2 is 2.20 bits per heavy atom. The molecule has 0 aromatic carbocycles. The molecule has 7 nitrogen and oxygen atoms in total. The fourth-order valence-electron chi connectivity index (χ4n) is 3.74. The van der Waals surface area contributed by atoms with E-state index in [1.54, 1.807) is 10.9 Å². The van der Waals surface area contributed by atoms with Gasteiger partial charge in [0.1, 0.15) is 6.54 Å². The number of carbonyl (C=O) groups excluding carboxylic acids is 1. The molecule has 0 spiro atoms. The van der Waals surface area contributed by atoms with Gasteiger partial charge in [0, 0.05) is 49.5 Å².